The zero-order valence-electron chi connectivity index (χ0n) is 11.3. The molecule has 2 amide bonds. The molecule has 2 aromatic carbocycles. The third-order valence-corrected chi connectivity index (χ3v) is 2.74. The number of hydrogen-bond donors (Lipinski definition) is 3. The van der Waals surface area contributed by atoms with Gasteiger partial charge in [0.2, 0.25) is 0 Å². The topological polar surface area (TPSA) is 90.8 Å². The van der Waals surface area contributed by atoms with Gasteiger partial charge in [0.15, 0.2) is 0 Å². The number of hydrazone groups is 1. The largest absolute Gasteiger partial charge is 0.288 e. The third kappa shape index (κ3) is 3.97. The minimum Gasteiger partial charge on any atom is -0.288 e. The molecule has 22 heavy (non-hydrogen) atoms. The minimum atomic E-state index is -0.622. The fraction of sp³-hybridized carbons (Fsp3) is 0. The first-order valence-electron chi connectivity index (χ1n) is 6.23. The zero-order chi connectivity index (χ0) is 15.9. The van der Waals surface area contributed by atoms with Crippen LogP contribution >= 0.6 is 0 Å². The Morgan fingerprint density at radius 2 is 1.77 bits per heavy atom. The van der Waals surface area contributed by atoms with Gasteiger partial charge in [-0.25, -0.2) is 15.3 Å². The molecule has 7 heteroatoms. The van der Waals surface area contributed by atoms with Gasteiger partial charge in [0, 0.05) is 11.1 Å². The van der Waals surface area contributed by atoms with Crippen molar-refractivity contribution in [3.05, 3.63) is 71.0 Å². The number of hydrogen-bond acceptors (Lipinski definition) is 4. The summed E-state index contributed by atoms with van der Waals surface area (Å²) in [5.41, 5.74) is 4.86. The number of rotatable bonds is 4. The summed E-state index contributed by atoms with van der Waals surface area (Å²) in [5, 5.41) is 12.2. The molecule has 0 unspecified atom stereocenters. The van der Waals surface area contributed by atoms with Gasteiger partial charge in [-0.2, -0.15) is 5.10 Å². The lowest BCUT2D eigenvalue weighted by molar-refractivity contribution is 0.0706. The van der Waals surface area contributed by atoms with Gasteiger partial charge in [0.1, 0.15) is 5.82 Å². The number of amides is 2. The standard InChI is InChI=1S/C15H12FN3O3/c16-13-3-1-2-12(8-13)14(20)18-17-9-10-4-6-11(7-5-10)15(21)19-22/h1-9,22H,(H,18,20)(H,19,21). The van der Waals surface area contributed by atoms with Crippen LogP contribution in [0.4, 0.5) is 4.39 Å². The molecule has 3 N–H and O–H groups in total. The fourth-order valence-electron chi connectivity index (χ4n) is 1.64. The van der Waals surface area contributed by atoms with Gasteiger partial charge < -0.3 is 0 Å². The molecule has 0 saturated heterocycles. The predicted octanol–water partition coefficient (Wildman–Crippen LogP) is 1.71. The van der Waals surface area contributed by atoms with Crippen LogP contribution in [0.5, 0.6) is 0 Å². The molecule has 2 aromatic rings. The van der Waals surface area contributed by atoms with Crippen molar-refractivity contribution in [2.45, 2.75) is 0 Å². The first-order valence-corrected chi connectivity index (χ1v) is 6.23. The molecule has 0 aliphatic heterocycles. The molecule has 0 aliphatic carbocycles. The lowest BCUT2D eigenvalue weighted by Gasteiger charge is -2.00. The highest BCUT2D eigenvalue weighted by atomic mass is 19.1. The lowest BCUT2D eigenvalue weighted by Crippen LogP contribution is -2.18. The van der Waals surface area contributed by atoms with Crippen molar-refractivity contribution in [1.29, 1.82) is 0 Å². The van der Waals surface area contributed by atoms with E-state index in [9.17, 15) is 14.0 Å². The summed E-state index contributed by atoms with van der Waals surface area (Å²) in [5.74, 6) is -1.66. The van der Waals surface area contributed by atoms with Gasteiger partial charge in [-0.05, 0) is 35.9 Å². The molecule has 0 radical (unpaired) electrons. The Kier molecular flexibility index (Phi) is 4.94. The van der Waals surface area contributed by atoms with Crippen LogP contribution in [0, 0.1) is 5.82 Å². The van der Waals surface area contributed by atoms with E-state index in [-0.39, 0.29) is 11.1 Å². The van der Waals surface area contributed by atoms with Crippen LogP contribution in [0.25, 0.3) is 0 Å². The summed E-state index contributed by atoms with van der Waals surface area (Å²) in [7, 11) is 0. The maximum absolute atomic E-state index is 13.0. The summed E-state index contributed by atoms with van der Waals surface area (Å²) < 4.78 is 13.0. The van der Waals surface area contributed by atoms with Gasteiger partial charge in [-0.1, -0.05) is 18.2 Å². The van der Waals surface area contributed by atoms with Crippen molar-refractivity contribution >= 4 is 18.0 Å². The average Bonchev–Trinajstić information content (AvgIpc) is 2.54. The molecule has 0 heterocycles. The SMILES string of the molecule is O=C(NO)c1ccc(C=NNC(=O)c2cccc(F)c2)cc1. The second kappa shape index (κ2) is 7.09. The van der Waals surface area contributed by atoms with Crippen molar-refractivity contribution in [2.24, 2.45) is 5.10 Å². The molecule has 2 rings (SSSR count). The van der Waals surface area contributed by atoms with E-state index in [1.54, 1.807) is 12.1 Å². The van der Waals surface area contributed by atoms with Crippen LogP contribution in [0.2, 0.25) is 0 Å². The Morgan fingerprint density at radius 1 is 1.05 bits per heavy atom. The number of nitrogens with one attached hydrogen (secondary N) is 2. The number of benzene rings is 2. The van der Waals surface area contributed by atoms with Crippen LogP contribution < -0.4 is 10.9 Å². The van der Waals surface area contributed by atoms with E-state index in [1.165, 1.54) is 42.0 Å². The Morgan fingerprint density at radius 3 is 2.41 bits per heavy atom. The average molecular weight is 301 g/mol. The Bertz CT molecular complexity index is 714. The highest BCUT2D eigenvalue weighted by molar-refractivity contribution is 5.95. The van der Waals surface area contributed by atoms with Gasteiger partial charge in [0.25, 0.3) is 11.8 Å². The number of hydroxylamine groups is 1. The normalized spacial score (nSPS) is 10.5. The molecule has 0 atom stereocenters. The summed E-state index contributed by atoms with van der Waals surface area (Å²) in [4.78, 5) is 22.8. The predicted molar refractivity (Wildman–Crippen MR) is 77.2 cm³/mol. The molecule has 0 fully saturated rings. The molecule has 6 nitrogen and oxygen atoms in total. The van der Waals surface area contributed by atoms with Crippen LogP contribution in [-0.4, -0.2) is 23.2 Å². The van der Waals surface area contributed by atoms with Crippen molar-refractivity contribution in [1.82, 2.24) is 10.9 Å². The molecular weight excluding hydrogens is 289 g/mol. The van der Waals surface area contributed by atoms with E-state index in [2.05, 4.69) is 10.5 Å². The monoisotopic (exact) mass is 301 g/mol. The summed E-state index contributed by atoms with van der Waals surface area (Å²) in [6, 6.07) is 11.4. The highest BCUT2D eigenvalue weighted by Crippen LogP contribution is 2.04. The van der Waals surface area contributed by atoms with E-state index in [4.69, 9.17) is 5.21 Å². The second-order valence-electron chi connectivity index (χ2n) is 4.27. The van der Waals surface area contributed by atoms with Crippen LogP contribution in [0.15, 0.2) is 53.6 Å². The van der Waals surface area contributed by atoms with E-state index >= 15 is 0 Å². The second-order valence-corrected chi connectivity index (χ2v) is 4.27. The quantitative estimate of drug-likeness (QED) is 0.456. The van der Waals surface area contributed by atoms with Crippen molar-refractivity contribution in [3.8, 4) is 0 Å². The van der Waals surface area contributed by atoms with Crippen LogP contribution in [0.3, 0.4) is 0 Å². The number of halogens is 1. The van der Waals surface area contributed by atoms with Crippen molar-refractivity contribution in [2.75, 3.05) is 0 Å². The first-order chi connectivity index (χ1) is 10.6. The molecule has 0 aromatic heterocycles. The number of carbonyl (C=O) groups is 2. The van der Waals surface area contributed by atoms with E-state index in [0.717, 1.165) is 6.07 Å². The molecule has 0 aliphatic rings. The molecule has 0 spiro atoms. The highest BCUT2D eigenvalue weighted by Gasteiger charge is 2.05. The van der Waals surface area contributed by atoms with Crippen LogP contribution in [-0.2, 0) is 0 Å². The Labute approximate surface area is 125 Å². The van der Waals surface area contributed by atoms with Crippen LogP contribution in [0.1, 0.15) is 26.3 Å². The Balaban J connectivity index is 1.97. The molecule has 112 valence electrons. The van der Waals surface area contributed by atoms with E-state index < -0.39 is 17.6 Å². The summed E-state index contributed by atoms with van der Waals surface area (Å²) in [6.45, 7) is 0. The molecule has 0 bridgehead atoms. The minimum absolute atomic E-state index is 0.159. The summed E-state index contributed by atoms with van der Waals surface area (Å²) >= 11 is 0. The van der Waals surface area contributed by atoms with Gasteiger partial charge >= 0.3 is 0 Å². The maximum Gasteiger partial charge on any atom is 0.274 e. The van der Waals surface area contributed by atoms with Gasteiger partial charge in [-0.3, -0.25) is 14.8 Å². The summed E-state index contributed by atoms with van der Waals surface area (Å²) in [6.07, 6.45) is 1.37. The fourth-order valence-corrected chi connectivity index (χ4v) is 1.64. The first kappa shape index (κ1) is 15.3. The smallest absolute Gasteiger partial charge is 0.274 e. The Hall–Kier alpha value is -3.06. The zero-order valence-corrected chi connectivity index (χ0v) is 11.3. The van der Waals surface area contributed by atoms with Gasteiger partial charge in [-0.15, -0.1) is 0 Å². The van der Waals surface area contributed by atoms with Crippen molar-refractivity contribution in [3.63, 3.8) is 0 Å². The van der Waals surface area contributed by atoms with E-state index in [0.29, 0.717) is 5.56 Å². The maximum atomic E-state index is 13.0. The number of nitrogens with zero attached hydrogens (tertiary/aromatic N) is 1. The lowest BCUT2D eigenvalue weighted by atomic mass is 10.1. The van der Waals surface area contributed by atoms with Crippen molar-refractivity contribution < 1.29 is 19.2 Å². The molecule has 0 saturated carbocycles. The number of carbonyl (C=O) groups excluding carboxylic acids is 2. The molecular formula is C15H12FN3O3. The van der Waals surface area contributed by atoms with E-state index in [1.807, 2.05) is 0 Å². The van der Waals surface area contributed by atoms with Gasteiger partial charge in [0.05, 0.1) is 6.21 Å². The third-order valence-electron chi connectivity index (χ3n) is 2.74.